The van der Waals surface area contributed by atoms with Crippen molar-refractivity contribution in [1.82, 2.24) is 4.98 Å². The number of nitrogens with one attached hydrogen (secondary N) is 1. The molecule has 120 valence electrons. The predicted octanol–water partition coefficient (Wildman–Crippen LogP) is 2.75. The molecule has 1 N–H and O–H groups in total. The van der Waals surface area contributed by atoms with Crippen LogP contribution in [0.2, 0.25) is 10.0 Å². The molecule has 1 aromatic heterocycles. The van der Waals surface area contributed by atoms with E-state index in [0.29, 0.717) is 5.02 Å². The summed E-state index contributed by atoms with van der Waals surface area (Å²) in [5.74, 6) is -1.68. The molecule has 0 aliphatic rings. The van der Waals surface area contributed by atoms with Crippen LogP contribution in [0.4, 0.5) is 0 Å². The van der Waals surface area contributed by atoms with Crippen LogP contribution >= 0.6 is 23.2 Å². The maximum absolute atomic E-state index is 12.1. The molecule has 0 spiro atoms. The predicted molar refractivity (Wildman–Crippen MR) is 83.7 cm³/mol. The number of hydrogen-bond acceptors (Lipinski definition) is 5. The minimum Gasteiger partial charge on any atom is -0.466 e. The molecule has 6 nitrogen and oxygen atoms in total. The Balaban J connectivity index is 2.34. The maximum Gasteiger partial charge on any atom is 0.352 e. The quantitative estimate of drug-likeness (QED) is 0.852. The lowest BCUT2D eigenvalue weighted by atomic mass is 10.1. The number of hydrogen-bond donors (Lipinski definition) is 1. The van der Waals surface area contributed by atoms with Gasteiger partial charge in [-0.1, -0.05) is 29.3 Å². The number of aromatic amines is 1. The summed E-state index contributed by atoms with van der Waals surface area (Å²) in [6.45, 7) is 0. The molecule has 0 saturated carbocycles. The van der Waals surface area contributed by atoms with Crippen LogP contribution in [-0.2, 0) is 14.3 Å². The SMILES string of the molecule is COC(=O)C(OC(=O)c1cc[nH]c(=O)c1)c1ccc(Cl)cc1Cl. The number of esters is 2. The number of rotatable bonds is 4. The zero-order valence-electron chi connectivity index (χ0n) is 11.8. The summed E-state index contributed by atoms with van der Waals surface area (Å²) in [4.78, 5) is 37.7. The summed E-state index contributed by atoms with van der Waals surface area (Å²) in [6, 6.07) is 6.77. The molecule has 0 fully saturated rings. The molecule has 2 aromatic rings. The zero-order valence-corrected chi connectivity index (χ0v) is 13.4. The van der Waals surface area contributed by atoms with Gasteiger partial charge in [0.15, 0.2) is 0 Å². The Bertz CT molecular complexity index is 802. The topological polar surface area (TPSA) is 85.5 Å². The fraction of sp³-hybridized carbons (Fsp3) is 0.133. The van der Waals surface area contributed by atoms with Gasteiger partial charge >= 0.3 is 11.9 Å². The van der Waals surface area contributed by atoms with Crippen molar-refractivity contribution in [2.75, 3.05) is 7.11 Å². The van der Waals surface area contributed by atoms with Gasteiger partial charge in [-0.3, -0.25) is 4.79 Å². The fourth-order valence-corrected chi connectivity index (χ4v) is 2.31. The van der Waals surface area contributed by atoms with Crippen LogP contribution in [0.25, 0.3) is 0 Å². The lowest BCUT2D eigenvalue weighted by Crippen LogP contribution is -2.22. The number of carbonyl (C=O) groups excluding carboxylic acids is 2. The first-order valence-corrected chi connectivity index (χ1v) is 7.10. The molecule has 1 unspecified atom stereocenters. The fourth-order valence-electron chi connectivity index (χ4n) is 1.81. The van der Waals surface area contributed by atoms with Crippen molar-refractivity contribution < 1.29 is 19.1 Å². The van der Waals surface area contributed by atoms with Gasteiger partial charge in [-0.15, -0.1) is 0 Å². The normalized spacial score (nSPS) is 11.6. The lowest BCUT2D eigenvalue weighted by molar-refractivity contribution is -0.151. The van der Waals surface area contributed by atoms with Gasteiger partial charge in [-0.2, -0.15) is 0 Å². The molecule has 0 amide bonds. The number of aromatic nitrogens is 1. The van der Waals surface area contributed by atoms with Gasteiger partial charge in [-0.25, -0.2) is 9.59 Å². The highest BCUT2D eigenvalue weighted by atomic mass is 35.5. The molecule has 0 bridgehead atoms. The molecule has 1 heterocycles. The zero-order chi connectivity index (χ0) is 17.0. The third-order valence-corrected chi connectivity index (χ3v) is 3.46. The Morgan fingerprint density at radius 3 is 2.52 bits per heavy atom. The highest BCUT2D eigenvalue weighted by Crippen LogP contribution is 2.30. The second-order valence-corrected chi connectivity index (χ2v) is 5.26. The van der Waals surface area contributed by atoms with Gasteiger partial charge in [0.2, 0.25) is 11.7 Å². The standard InChI is InChI=1S/C15H11Cl2NO5/c1-22-15(21)13(10-3-2-9(16)7-11(10)17)23-14(20)8-4-5-18-12(19)6-8/h2-7,13H,1H3,(H,18,19). The number of H-pyrrole nitrogens is 1. The van der Waals surface area contributed by atoms with E-state index in [1.807, 2.05) is 0 Å². The van der Waals surface area contributed by atoms with Crippen molar-refractivity contribution >= 4 is 35.1 Å². The van der Waals surface area contributed by atoms with Crippen molar-refractivity contribution in [2.24, 2.45) is 0 Å². The maximum atomic E-state index is 12.1. The Kier molecular flexibility index (Phi) is 5.41. The third-order valence-electron chi connectivity index (χ3n) is 2.90. The lowest BCUT2D eigenvalue weighted by Gasteiger charge is -2.17. The molecule has 0 saturated heterocycles. The van der Waals surface area contributed by atoms with E-state index in [2.05, 4.69) is 9.72 Å². The molecular formula is C15H11Cl2NO5. The van der Waals surface area contributed by atoms with E-state index in [0.717, 1.165) is 13.2 Å². The van der Waals surface area contributed by atoms with E-state index in [1.165, 1.54) is 30.5 Å². The summed E-state index contributed by atoms with van der Waals surface area (Å²) >= 11 is 11.8. The molecule has 8 heteroatoms. The second kappa shape index (κ2) is 7.30. The third kappa shape index (κ3) is 4.12. The van der Waals surface area contributed by atoms with Gasteiger partial charge in [0.25, 0.3) is 0 Å². The van der Waals surface area contributed by atoms with E-state index in [-0.39, 0.29) is 16.1 Å². The highest BCUT2D eigenvalue weighted by molar-refractivity contribution is 6.35. The Morgan fingerprint density at radius 2 is 1.91 bits per heavy atom. The van der Waals surface area contributed by atoms with Gasteiger partial charge in [0, 0.05) is 27.9 Å². The summed E-state index contributed by atoms with van der Waals surface area (Å²) < 4.78 is 9.79. The molecule has 2 rings (SSSR count). The van der Waals surface area contributed by atoms with Crippen LogP contribution in [0.15, 0.2) is 41.3 Å². The molecule has 0 radical (unpaired) electrons. The van der Waals surface area contributed by atoms with Crippen LogP contribution < -0.4 is 5.56 Å². The smallest absolute Gasteiger partial charge is 0.352 e. The second-order valence-electron chi connectivity index (χ2n) is 4.42. The minimum absolute atomic E-state index is 0.00672. The number of ether oxygens (including phenoxy) is 2. The van der Waals surface area contributed by atoms with E-state index in [1.54, 1.807) is 0 Å². The summed E-state index contributed by atoms with van der Waals surface area (Å²) in [6.07, 6.45) is -0.0852. The van der Waals surface area contributed by atoms with E-state index in [9.17, 15) is 14.4 Å². The van der Waals surface area contributed by atoms with Crippen LogP contribution in [0.3, 0.4) is 0 Å². The molecular weight excluding hydrogens is 345 g/mol. The van der Waals surface area contributed by atoms with Gasteiger partial charge < -0.3 is 14.5 Å². The average Bonchev–Trinajstić information content (AvgIpc) is 2.52. The van der Waals surface area contributed by atoms with Crippen molar-refractivity contribution in [2.45, 2.75) is 6.10 Å². The first-order valence-electron chi connectivity index (χ1n) is 6.35. The first kappa shape index (κ1) is 17.1. The monoisotopic (exact) mass is 355 g/mol. The average molecular weight is 356 g/mol. The molecule has 1 atom stereocenters. The van der Waals surface area contributed by atoms with Crippen LogP contribution in [0.5, 0.6) is 0 Å². The Hall–Kier alpha value is -2.31. The summed E-state index contributed by atoms with van der Waals surface area (Å²) in [5.41, 5.74) is -0.257. The van der Waals surface area contributed by atoms with Crippen LogP contribution in [0, 0.1) is 0 Å². The molecule has 23 heavy (non-hydrogen) atoms. The number of methoxy groups -OCH3 is 1. The van der Waals surface area contributed by atoms with Gasteiger partial charge in [-0.05, 0) is 18.2 Å². The van der Waals surface area contributed by atoms with Gasteiger partial charge in [0.1, 0.15) is 0 Å². The molecule has 0 aliphatic carbocycles. The number of carbonyl (C=O) groups is 2. The molecule has 0 aliphatic heterocycles. The highest BCUT2D eigenvalue weighted by Gasteiger charge is 2.28. The summed E-state index contributed by atoms with van der Waals surface area (Å²) in [5, 5.41) is 0.509. The van der Waals surface area contributed by atoms with E-state index in [4.69, 9.17) is 27.9 Å². The van der Waals surface area contributed by atoms with Gasteiger partial charge in [0.05, 0.1) is 12.7 Å². The van der Waals surface area contributed by atoms with Crippen molar-refractivity contribution in [3.8, 4) is 0 Å². The number of halogens is 2. The van der Waals surface area contributed by atoms with E-state index >= 15 is 0 Å². The number of pyridine rings is 1. The number of benzene rings is 1. The van der Waals surface area contributed by atoms with E-state index < -0.39 is 23.6 Å². The van der Waals surface area contributed by atoms with Crippen molar-refractivity contribution in [3.63, 3.8) is 0 Å². The Morgan fingerprint density at radius 1 is 1.17 bits per heavy atom. The minimum atomic E-state index is -1.38. The molecule has 1 aromatic carbocycles. The first-order chi connectivity index (χ1) is 10.9. The van der Waals surface area contributed by atoms with Crippen molar-refractivity contribution in [3.05, 3.63) is 68.1 Å². The van der Waals surface area contributed by atoms with Crippen LogP contribution in [-0.4, -0.2) is 24.0 Å². The summed E-state index contributed by atoms with van der Waals surface area (Å²) in [7, 11) is 1.15. The largest absolute Gasteiger partial charge is 0.466 e. The Labute approximate surface area is 140 Å². The van der Waals surface area contributed by atoms with Crippen molar-refractivity contribution in [1.29, 1.82) is 0 Å². The van der Waals surface area contributed by atoms with Crippen LogP contribution in [0.1, 0.15) is 22.0 Å².